The number of halogens is 1. The van der Waals surface area contributed by atoms with E-state index in [1.165, 1.54) is 6.92 Å². The van der Waals surface area contributed by atoms with E-state index in [0.29, 0.717) is 0 Å². The summed E-state index contributed by atoms with van der Waals surface area (Å²) in [5, 5.41) is 0. The van der Waals surface area contributed by atoms with Gasteiger partial charge in [-0.05, 0) is 27.7 Å². The molecular formula is C9H18FNO2. The number of carbonyl (C=O) groups is 1. The molecule has 0 rings (SSSR count). The maximum absolute atomic E-state index is 12.5. The predicted octanol–water partition coefficient (Wildman–Crippen LogP) is 1.40. The summed E-state index contributed by atoms with van der Waals surface area (Å²) < 4.78 is 17.4. The van der Waals surface area contributed by atoms with Crippen LogP contribution in [0.15, 0.2) is 0 Å². The second-order valence-corrected chi connectivity index (χ2v) is 4.16. The first-order valence-corrected chi connectivity index (χ1v) is 4.35. The zero-order chi connectivity index (χ0) is 10.6. The van der Waals surface area contributed by atoms with Crippen LogP contribution in [0.4, 0.5) is 4.39 Å². The van der Waals surface area contributed by atoms with Gasteiger partial charge in [0.25, 0.3) is 0 Å². The number of hydrogen-bond donors (Lipinski definition) is 1. The smallest absolute Gasteiger partial charge is 0.323 e. The van der Waals surface area contributed by atoms with E-state index >= 15 is 0 Å². The molecule has 0 bridgehead atoms. The molecule has 0 aliphatic heterocycles. The molecule has 0 saturated heterocycles. The summed E-state index contributed by atoms with van der Waals surface area (Å²) >= 11 is 0. The number of carbonyl (C=O) groups excluding carboxylic acids is 1. The van der Waals surface area contributed by atoms with Crippen LogP contribution in [0.5, 0.6) is 0 Å². The maximum Gasteiger partial charge on any atom is 0.323 e. The Morgan fingerprint density at radius 1 is 1.54 bits per heavy atom. The van der Waals surface area contributed by atoms with E-state index in [9.17, 15) is 9.18 Å². The van der Waals surface area contributed by atoms with Crippen molar-refractivity contribution in [3.05, 3.63) is 0 Å². The lowest BCUT2D eigenvalue weighted by molar-refractivity contribution is -0.156. The van der Waals surface area contributed by atoms with E-state index in [2.05, 4.69) is 0 Å². The molecule has 0 aromatic rings. The Bertz CT molecular complexity index is 175. The average molecular weight is 191 g/mol. The molecule has 0 heterocycles. The van der Waals surface area contributed by atoms with Gasteiger partial charge in [-0.1, -0.05) is 0 Å². The zero-order valence-electron chi connectivity index (χ0n) is 8.63. The molecule has 0 radical (unpaired) electrons. The SMILES string of the molecule is CC(F)CC(N)C(=O)OC(C)(C)C. The fraction of sp³-hybridized carbons (Fsp3) is 0.889. The number of hydrogen-bond acceptors (Lipinski definition) is 3. The van der Waals surface area contributed by atoms with Gasteiger partial charge in [-0.3, -0.25) is 4.79 Å². The molecule has 2 atom stereocenters. The molecule has 0 aliphatic rings. The standard InChI is InChI=1S/C9H18FNO2/c1-6(10)5-7(11)8(12)13-9(2,3)4/h6-7H,5,11H2,1-4H3. The van der Waals surface area contributed by atoms with Crippen molar-refractivity contribution in [2.75, 3.05) is 0 Å². The number of ether oxygens (including phenoxy) is 1. The van der Waals surface area contributed by atoms with Crippen LogP contribution in [0.2, 0.25) is 0 Å². The summed E-state index contributed by atoms with van der Waals surface area (Å²) in [5.74, 6) is -0.544. The average Bonchev–Trinajstić information content (AvgIpc) is 1.81. The highest BCUT2D eigenvalue weighted by molar-refractivity contribution is 5.75. The largest absolute Gasteiger partial charge is 0.459 e. The lowest BCUT2D eigenvalue weighted by Crippen LogP contribution is -2.38. The van der Waals surface area contributed by atoms with E-state index in [1.807, 2.05) is 0 Å². The minimum Gasteiger partial charge on any atom is -0.459 e. The minimum atomic E-state index is -1.08. The van der Waals surface area contributed by atoms with Gasteiger partial charge in [-0.15, -0.1) is 0 Å². The van der Waals surface area contributed by atoms with E-state index in [-0.39, 0.29) is 6.42 Å². The van der Waals surface area contributed by atoms with Crippen molar-refractivity contribution in [1.82, 2.24) is 0 Å². The number of rotatable bonds is 3. The van der Waals surface area contributed by atoms with Crippen molar-refractivity contribution in [1.29, 1.82) is 0 Å². The van der Waals surface area contributed by atoms with Crippen molar-refractivity contribution in [2.24, 2.45) is 5.73 Å². The Morgan fingerprint density at radius 3 is 2.31 bits per heavy atom. The lowest BCUT2D eigenvalue weighted by atomic mass is 10.1. The van der Waals surface area contributed by atoms with Gasteiger partial charge >= 0.3 is 5.97 Å². The van der Waals surface area contributed by atoms with Crippen LogP contribution in [0.25, 0.3) is 0 Å². The second kappa shape index (κ2) is 4.56. The molecule has 0 fully saturated rings. The van der Waals surface area contributed by atoms with Gasteiger partial charge in [0, 0.05) is 6.42 Å². The molecule has 2 unspecified atom stereocenters. The Morgan fingerprint density at radius 2 is 2.00 bits per heavy atom. The molecule has 2 N–H and O–H groups in total. The molecular weight excluding hydrogens is 173 g/mol. The molecule has 0 aliphatic carbocycles. The third-order valence-electron chi connectivity index (χ3n) is 1.29. The van der Waals surface area contributed by atoms with Crippen LogP contribution in [0, 0.1) is 0 Å². The molecule has 0 aromatic heterocycles. The number of alkyl halides is 1. The predicted molar refractivity (Wildman–Crippen MR) is 49.0 cm³/mol. The first-order valence-electron chi connectivity index (χ1n) is 4.35. The van der Waals surface area contributed by atoms with Crippen molar-refractivity contribution in [2.45, 2.75) is 51.9 Å². The molecule has 4 heteroatoms. The minimum absolute atomic E-state index is 0.00884. The molecule has 0 amide bonds. The lowest BCUT2D eigenvalue weighted by Gasteiger charge is -2.22. The molecule has 3 nitrogen and oxygen atoms in total. The summed E-state index contributed by atoms with van der Waals surface area (Å²) in [4.78, 5) is 11.2. The van der Waals surface area contributed by atoms with Crippen molar-refractivity contribution in [3.63, 3.8) is 0 Å². The third kappa shape index (κ3) is 6.51. The molecule has 0 aromatic carbocycles. The second-order valence-electron chi connectivity index (χ2n) is 4.16. The topological polar surface area (TPSA) is 52.3 Å². The first kappa shape index (κ1) is 12.4. The van der Waals surface area contributed by atoms with Crippen LogP contribution in [0.3, 0.4) is 0 Å². The Balaban J connectivity index is 3.97. The van der Waals surface area contributed by atoms with Gasteiger partial charge in [-0.25, -0.2) is 4.39 Å². The Labute approximate surface area is 78.4 Å². The number of nitrogens with two attached hydrogens (primary N) is 1. The third-order valence-corrected chi connectivity index (χ3v) is 1.29. The van der Waals surface area contributed by atoms with Crippen LogP contribution < -0.4 is 5.73 Å². The molecule has 13 heavy (non-hydrogen) atoms. The van der Waals surface area contributed by atoms with Crippen LogP contribution in [-0.2, 0) is 9.53 Å². The quantitative estimate of drug-likeness (QED) is 0.686. The van der Waals surface area contributed by atoms with E-state index in [0.717, 1.165) is 0 Å². The maximum atomic E-state index is 12.5. The van der Waals surface area contributed by atoms with E-state index in [1.54, 1.807) is 20.8 Å². The summed E-state index contributed by atoms with van der Waals surface area (Å²) in [6.07, 6.45) is -1.07. The normalized spacial score (nSPS) is 16.5. The van der Waals surface area contributed by atoms with Crippen molar-refractivity contribution in [3.8, 4) is 0 Å². The van der Waals surface area contributed by atoms with Crippen molar-refractivity contribution >= 4 is 5.97 Å². The summed E-state index contributed by atoms with van der Waals surface area (Å²) in [7, 11) is 0. The summed E-state index contributed by atoms with van der Waals surface area (Å²) in [6, 6.07) is -0.862. The van der Waals surface area contributed by atoms with Crippen LogP contribution in [-0.4, -0.2) is 23.8 Å². The highest BCUT2D eigenvalue weighted by atomic mass is 19.1. The molecule has 78 valence electrons. The zero-order valence-corrected chi connectivity index (χ0v) is 8.63. The monoisotopic (exact) mass is 191 g/mol. The fourth-order valence-corrected chi connectivity index (χ4v) is 0.824. The van der Waals surface area contributed by atoms with Crippen LogP contribution in [0.1, 0.15) is 34.1 Å². The van der Waals surface area contributed by atoms with Crippen LogP contribution >= 0.6 is 0 Å². The summed E-state index contributed by atoms with van der Waals surface area (Å²) in [5.41, 5.74) is 4.85. The Hall–Kier alpha value is -0.640. The number of esters is 1. The van der Waals surface area contributed by atoms with Gasteiger partial charge in [0.05, 0.1) is 6.17 Å². The van der Waals surface area contributed by atoms with Gasteiger partial charge < -0.3 is 10.5 Å². The van der Waals surface area contributed by atoms with E-state index in [4.69, 9.17) is 10.5 Å². The fourth-order valence-electron chi connectivity index (χ4n) is 0.824. The van der Waals surface area contributed by atoms with Gasteiger partial charge in [0.1, 0.15) is 11.6 Å². The highest BCUT2D eigenvalue weighted by Crippen LogP contribution is 2.10. The van der Waals surface area contributed by atoms with Gasteiger partial charge in [0.15, 0.2) is 0 Å². The first-order chi connectivity index (χ1) is 5.72. The van der Waals surface area contributed by atoms with Crippen molar-refractivity contribution < 1.29 is 13.9 Å². The molecule has 0 spiro atoms. The highest BCUT2D eigenvalue weighted by Gasteiger charge is 2.23. The van der Waals surface area contributed by atoms with Gasteiger partial charge in [-0.2, -0.15) is 0 Å². The van der Waals surface area contributed by atoms with E-state index < -0.39 is 23.8 Å². The van der Waals surface area contributed by atoms with Gasteiger partial charge in [0.2, 0.25) is 0 Å². The molecule has 0 saturated carbocycles. The summed E-state index contributed by atoms with van der Waals surface area (Å²) in [6.45, 7) is 6.60. The Kier molecular flexibility index (Phi) is 4.33.